The van der Waals surface area contributed by atoms with Gasteiger partial charge in [0, 0.05) is 44.0 Å². The molecular formula is C57H33N5. The van der Waals surface area contributed by atoms with Crippen LogP contribution in [-0.2, 0) is 0 Å². The van der Waals surface area contributed by atoms with Crippen LogP contribution in [0.3, 0.4) is 0 Å². The van der Waals surface area contributed by atoms with Crippen LogP contribution < -0.4 is 0 Å². The number of hydrogen-bond donors (Lipinski definition) is 0. The largest absolute Gasteiger partial charge is 0.309 e. The molecule has 11 aromatic rings. The van der Waals surface area contributed by atoms with E-state index in [0.29, 0.717) is 27.9 Å². The molecule has 0 N–H and O–H groups in total. The van der Waals surface area contributed by atoms with Gasteiger partial charge in [0.05, 0.1) is 39.8 Å². The van der Waals surface area contributed by atoms with Crippen molar-refractivity contribution in [3.8, 4) is 68.0 Å². The van der Waals surface area contributed by atoms with Gasteiger partial charge in [0.25, 0.3) is 0 Å². The topological polar surface area (TPSA) is 61.8 Å². The molecule has 0 radical (unpaired) electrons. The minimum Gasteiger partial charge on any atom is -0.309 e. The third kappa shape index (κ3) is 5.68. The minimum atomic E-state index is 0.394. The predicted molar refractivity (Wildman–Crippen MR) is 253 cm³/mol. The molecule has 0 saturated heterocycles. The summed E-state index contributed by atoms with van der Waals surface area (Å²) in [5.41, 5.74) is 14.0. The lowest BCUT2D eigenvalue weighted by Crippen LogP contribution is -1.98. The molecule has 5 heteroatoms. The number of nitrogens with zero attached hydrogens (tertiary/aromatic N) is 5. The SMILES string of the molecule is [C-]#[N+]c1cc(-c2cc(-c3ccccc3)c(C#N)c(-c3ccccc3)c2C#N)ccc1-c1ccc2c3cc4c(cc3n(-c3ccccc3)c2c1)c1ccccc1n4-c1ccccc1. The van der Waals surface area contributed by atoms with E-state index >= 15 is 0 Å². The van der Waals surface area contributed by atoms with E-state index in [2.05, 4.69) is 129 Å². The van der Waals surface area contributed by atoms with Crippen molar-refractivity contribution in [2.45, 2.75) is 0 Å². The van der Waals surface area contributed by atoms with Crippen LogP contribution in [0, 0.1) is 29.2 Å². The summed E-state index contributed by atoms with van der Waals surface area (Å²) in [6, 6.07) is 72.8. The highest BCUT2D eigenvalue weighted by Gasteiger charge is 2.23. The molecule has 0 fully saturated rings. The number of fused-ring (bicyclic) bond motifs is 6. The van der Waals surface area contributed by atoms with Crippen molar-refractivity contribution in [2.75, 3.05) is 0 Å². The van der Waals surface area contributed by atoms with Crippen molar-refractivity contribution in [1.29, 1.82) is 10.5 Å². The van der Waals surface area contributed by atoms with Crippen LogP contribution in [0.2, 0.25) is 0 Å². The molecule has 0 aliphatic rings. The van der Waals surface area contributed by atoms with Crippen molar-refractivity contribution in [2.24, 2.45) is 0 Å². The van der Waals surface area contributed by atoms with Crippen LogP contribution in [0.1, 0.15) is 11.1 Å². The highest BCUT2D eigenvalue weighted by atomic mass is 15.0. The molecule has 0 aliphatic heterocycles. The molecule has 0 bridgehead atoms. The van der Waals surface area contributed by atoms with Gasteiger partial charge in [0.1, 0.15) is 12.1 Å². The number of para-hydroxylation sites is 3. The Balaban J connectivity index is 1.13. The Labute approximate surface area is 358 Å². The smallest absolute Gasteiger partial charge is 0.195 e. The summed E-state index contributed by atoms with van der Waals surface area (Å²) in [6.45, 7) is 8.47. The third-order valence-electron chi connectivity index (χ3n) is 12.0. The van der Waals surface area contributed by atoms with E-state index in [1.807, 2.05) is 97.1 Å². The van der Waals surface area contributed by atoms with Crippen molar-refractivity contribution < 1.29 is 0 Å². The monoisotopic (exact) mass is 787 g/mol. The molecule has 0 saturated carbocycles. The first-order valence-corrected chi connectivity index (χ1v) is 20.4. The summed E-state index contributed by atoms with van der Waals surface area (Å²) in [4.78, 5) is 4.09. The molecule has 2 heterocycles. The van der Waals surface area contributed by atoms with Crippen LogP contribution in [0.5, 0.6) is 0 Å². The number of benzene rings is 9. The quantitative estimate of drug-likeness (QED) is 0.158. The van der Waals surface area contributed by atoms with Crippen molar-refractivity contribution in [3.63, 3.8) is 0 Å². The summed E-state index contributed by atoms with van der Waals surface area (Å²) in [5, 5.41) is 26.0. The van der Waals surface area contributed by atoms with E-state index in [0.717, 1.165) is 77.6 Å². The Morgan fingerprint density at radius 2 is 0.839 bits per heavy atom. The second-order valence-electron chi connectivity index (χ2n) is 15.4. The molecule has 0 spiro atoms. The van der Waals surface area contributed by atoms with Crippen molar-refractivity contribution in [3.05, 3.63) is 223 Å². The maximum absolute atomic E-state index is 10.8. The fourth-order valence-electron chi connectivity index (χ4n) is 9.27. The zero-order chi connectivity index (χ0) is 41.7. The Bertz CT molecular complexity index is 3690. The average Bonchev–Trinajstić information content (AvgIpc) is 3.84. The maximum atomic E-state index is 10.8. The normalized spacial score (nSPS) is 11.2. The van der Waals surface area contributed by atoms with E-state index in [-0.39, 0.29) is 0 Å². The molecule has 2 aromatic heterocycles. The highest BCUT2D eigenvalue weighted by Crippen LogP contribution is 2.45. The van der Waals surface area contributed by atoms with E-state index in [9.17, 15) is 10.5 Å². The van der Waals surface area contributed by atoms with Gasteiger partial charge in [0.2, 0.25) is 0 Å². The lowest BCUT2D eigenvalue weighted by atomic mass is 9.83. The van der Waals surface area contributed by atoms with Gasteiger partial charge < -0.3 is 9.13 Å². The van der Waals surface area contributed by atoms with Gasteiger partial charge in [-0.15, -0.1) is 0 Å². The molecular weight excluding hydrogens is 755 g/mol. The molecule has 11 rings (SSSR count). The molecule has 286 valence electrons. The van der Waals surface area contributed by atoms with Crippen LogP contribution in [-0.4, -0.2) is 9.13 Å². The summed E-state index contributed by atoms with van der Waals surface area (Å²) < 4.78 is 4.69. The number of aromatic nitrogens is 2. The lowest BCUT2D eigenvalue weighted by molar-refractivity contribution is 1.17. The van der Waals surface area contributed by atoms with Crippen molar-refractivity contribution >= 4 is 49.3 Å². The minimum absolute atomic E-state index is 0.394. The number of nitriles is 2. The number of hydrogen-bond acceptors (Lipinski definition) is 2. The molecule has 0 atom stereocenters. The summed E-state index contributed by atoms with van der Waals surface area (Å²) in [6.07, 6.45) is 0. The Hall–Kier alpha value is -8.95. The summed E-state index contributed by atoms with van der Waals surface area (Å²) >= 11 is 0. The van der Waals surface area contributed by atoms with Gasteiger partial charge in [-0.25, -0.2) is 4.85 Å². The lowest BCUT2D eigenvalue weighted by Gasteiger charge is -2.18. The Kier molecular flexibility index (Phi) is 8.57. The average molecular weight is 788 g/mol. The van der Waals surface area contributed by atoms with Gasteiger partial charge in [-0.2, -0.15) is 10.5 Å². The van der Waals surface area contributed by atoms with Crippen LogP contribution >= 0.6 is 0 Å². The van der Waals surface area contributed by atoms with Crippen molar-refractivity contribution in [1.82, 2.24) is 9.13 Å². The summed E-state index contributed by atoms with van der Waals surface area (Å²) in [7, 11) is 0. The predicted octanol–water partition coefficient (Wildman–Crippen LogP) is 14.8. The van der Waals surface area contributed by atoms with Gasteiger partial charge in [-0.1, -0.05) is 140 Å². The molecule has 0 amide bonds. The van der Waals surface area contributed by atoms with Crippen LogP contribution in [0.4, 0.5) is 5.69 Å². The van der Waals surface area contributed by atoms with Gasteiger partial charge in [-0.3, -0.25) is 0 Å². The fourth-order valence-corrected chi connectivity index (χ4v) is 9.27. The molecule has 62 heavy (non-hydrogen) atoms. The molecule has 9 aromatic carbocycles. The molecule has 0 aliphatic carbocycles. The Morgan fingerprint density at radius 1 is 0.371 bits per heavy atom. The third-order valence-corrected chi connectivity index (χ3v) is 12.0. The first-order valence-electron chi connectivity index (χ1n) is 20.4. The molecule has 0 unspecified atom stereocenters. The highest BCUT2D eigenvalue weighted by molar-refractivity contribution is 6.19. The first kappa shape index (κ1) is 36.2. The van der Waals surface area contributed by atoms with Crippen LogP contribution in [0.15, 0.2) is 200 Å². The standard InChI is InChI=1S/C57H33N5/c1-60-52-30-39(47-32-46(37-16-6-2-7-17-37)50(35-58)57(51(47)36-59)38-18-8-3-9-19-38)26-28-43(52)40-27-29-45-49-34-55-48(33-56(49)62(54(45)31-40)42-22-12-5-13-23-42)44-24-14-15-25-53(44)61(55)41-20-10-4-11-21-41/h2-34H. The van der Waals surface area contributed by atoms with E-state index in [4.69, 9.17) is 6.57 Å². The Morgan fingerprint density at radius 3 is 1.44 bits per heavy atom. The second kappa shape index (κ2) is 14.7. The van der Waals surface area contributed by atoms with Crippen LogP contribution in [0.25, 0.3) is 104 Å². The number of rotatable bonds is 6. The van der Waals surface area contributed by atoms with Gasteiger partial charge >= 0.3 is 0 Å². The molecule has 5 nitrogen and oxygen atoms in total. The van der Waals surface area contributed by atoms with E-state index in [1.54, 1.807) is 0 Å². The van der Waals surface area contributed by atoms with Gasteiger partial charge in [-0.05, 0) is 94.0 Å². The van der Waals surface area contributed by atoms with E-state index < -0.39 is 0 Å². The first-order chi connectivity index (χ1) is 30.6. The summed E-state index contributed by atoms with van der Waals surface area (Å²) in [5.74, 6) is 0. The zero-order valence-corrected chi connectivity index (χ0v) is 33.3. The maximum Gasteiger partial charge on any atom is 0.195 e. The van der Waals surface area contributed by atoms with E-state index in [1.165, 1.54) is 10.8 Å². The second-order valence-corrected chi connectivity index (χ2v) is 15.4. The zero-order valence-electron chi connectivity index (χ0n) is 33.3. The fraction of sp³-hybridized carbons (Fsp3) is 0. The van der Waals surface area contributed by atoms with Gasteiger partial charge in [0.15, 0.2) is 5.69 Å².